The van der Waals surface area contributed by atoms with E-state index in [4.69, 9.17) is 0 Å². The summed E-state index contributed by atoms with van der Waals surface area (Å²) in [4.78, 5) is 8.24. The van der Waals surface area contributed by atoms with E-state index in [0.717, 1.165) is 16.3 Å². The van der Waals surface area contributed by atoms with Crippen LogP contribution in [-0.2, 0) is 0 Å². The molecule has 2 heteroatoms. The molecule has 0 saturated heterocycles. The van der Waals surface area contributed by atoms with Crippen LogP contribution in [0.3, 0.4) is 0 Å². The first-order chi connectivity index (χ1) is 6.95. The molecule has 1 aromatic heterocycles. The summed E-state index contributed by atoms with van der Waals surface area (Å²) in [7, 11) is 0. The molecule has 14 heavy (non-hydrogen) atoms. The van der Waals surface area contributed by atoms with Crippen LogP contribution >= 0.6 is 0 Å². The van der Waals surface area contributed by atoms with Gasteiger partial charge in [0.25, 0.3) is 0 Å². The van der Waals surface area contributed by atoms with Gasteiger partial charge in [-0.15, -0.1) is 0 Å². The van der Waals surface area contributed by atoms with E-state index in [1.165, 1.54) is 5.39 Å². The van der Waals surface area contributed by atoms with Crippen molar-refractivity contribution >= 4 is 21.7 Å². The van der Waals surface area contributed by atoms with Crippen molar-refractivity contribution in [3.8, 4) is 0 Å². The summed E-state index contributed by atoms with van der Waals surface area (Å²) < 4.78 is 0. The molecule has 0 aliphatic heterocycles. The standard InChI is InChI=1S/C12H7N2/c1-2-4-11-9(3-1)5-6-10-7-13-8-14-12(10)11/h1-5,7-8H. The van der Waals surface area contributed by atoms with Gasteiger partial charge in [-0.2, -0.15) is 0 Å². The van der Waals surface area contributed by atoms with Crippen molar-refractivity contribution in [1.29, 1.82) is 0 Å². The van der Waals surface area contributed by atoms with Crippen LogP contribution in [0.15, 0.2) is 42.9 Å². The molecular weight excluding hydrogens is 172 g/mol. The first-order valence-corrected chi connectivity index (χ1v) is 4.44. The van der Waals surface area contributed by atoms with E-state index in [-0.39, 0.29) is 0 Å². The van der Waals surface area contributed by atoms with Crippen molar-refractivity contribution in [3.05, 3.63) is 48.9 Å². The van der Waals surface area contributed by atoms with Crippen molar-refractivity contribution < 1.29 is 0 Å². The third-order valence-electron chi connectivity index (χ3n) is 2.31. The van der Waals surface area contributed by atoms with E-state index >= 15 is 0 Å². The van der Waals surface area contributed by atoms with E-state index in [1.54, 1.807) is 12.5 Å². The van der Waals surface area contributed by atoms with Crippen LogP contribution in [0.2, 0.25) is 0 Å². The molecular formula is C12H7N2. The van der Waals surface area contributed by atoms with Crippen LogP contribution in [0.5, 0.6) is 0 Å². The monoisotopic (exact) mass is 179 g/mol. The first-order valence-electron chi connectivity index (χ1n) is 4.44. The Morgan fingerprint density at radius 1 is 1.14 bits per heavy atom. The summed E-state index contributed by atoms with van der Waals surface area (Å²) >= 11 is 0. The minimum absolute atomic E-state index is 0.964. The van der Waals surface area contributed by atoms with Gasteiger partial charge in [0, 0.05) is 17.0 Å². The Balaban J connectivity index is 2.61. The summed E-state index contributed by atoms with van der Waals surface area (Å²) in [5, 5.41) is 3.29. The van der Waals surface area contributed by atoms with Gasteiger partial charge in [-0.05, 0) is 17.5 Å². The topological polar surface area (TPSA) is 25.8 Å². The number of fused-ring (bicyclic) bond motifs is 3. The number of nitrogens with zero attached hydrogens (tertiary/aromatic N) is 2. The number of hydrogen-bond donors (Lipinski definition) is 0. The Bertz CT molecular complexity index is 547. The highest BCUT2D eigenvalue weighted by atomic mass is 14.8. The summed E-state index contributed by atoms with van der Waals surface area (Å²) in [6.07, 6.45) is 3.36. The maximum atomic E-state index is 4.27. The molecule has 0 spiro atoms. The zero-order valence-electron chi connectivity index (χ0n) is 7.44. The van der Waals surface area contributed by atoms with Gasteiger partial charge in [0.15, 0.2) is 0 Å². The van der Waals surface area contributed by atoms with E-state index < -0.39 is 0 Å². The van der Waals surface area contributed by atoms with Gasteiger partial charge in [-0.1, -0.05) is 24.3 Å². The summed E-state index contributed by atoms with van der Waals surface area (Å²) in [5.41, 5.74) is 0.970. The SMILES string of the molecule is [c]1cc2ccccc2c2ncncc12. The smallest absolute Gasteiger partial charge is 0.116 e. The van der Waals surface area contributed by atoms with E-state index in [1.807, 2.05) is 18.2 Å². The van der Waals surface area contributed by atoms with Crippen molar-refractivity contribution in [2.75, 3.05) is 0 Å². The molecule has 0 bridgehead atoms. The fraction of sp³-hybridized carbons (Fsp3) is 0. The quantitative estimate of drug-likeness (QED) is 0.496. The van der Waals surface area contributed by atoms with Gasteiger partial charge in [0.05, 0.1) is 5.52 Å². The first kappa shape index (κ1) is 7.44. The average Bonchev–Trinajstić information content (AvgIpc) is 2.29. The molecule has 0 aliphatic rings. The molecule has 2 nitrogen and oxygen atoms in total. The predicted octanol–water partition coefficient (Wildman–Crippen LogP) is 2.58. The zero-order valence-corrected chi connectivity index (χ0v) is 7.44. The van der Waals surface area contributed by atoms with Gasteiger partial charge in [0.2, 0.25) is 0 Å². The van der Waals surface area contributed by atoms with E-state index in [2.05, 4.69) is 28.2 Å². The normalized spacial score (nSPS) is 10.9. The van der Waals surface area contributed by atoms with Gasteiger partial charge >= 0.3 is 0 Å². The number of rotatable bonds is 0. The second kappa shape index (κ2) is 2.77. The highest BCUT2D eigenvalue weighted by molar-refractivity contribution is 6.04. The molecule has 3 aromatic rings. The number of hydrogen-bond acceptors (Lipinski definition) is 2. The molecule has 0 fully saturated rings. The van der Waals surface area contributed by atoms with Crippen molar-refractivity contribution in [3.63, 3.8) is 0 Å². The minimum Gasteiger partial charge on any atom is -0.244 e. The summed E-state index contributed by atoms with van der Waals surface area (Å²) in [6, 6.07) is 13.3. The molecule has 0 atom stereocenters. The van der Waals surface area contributed by atoms with Crippen LogP contribution < -0.4 is 0 Å². The minimum atomic E-state index is 0.964. The summed E-state index contributed by atoms with van der Waals surface area (Å²) in [6.45, 7) is 0. The Kier molecular flexibility index (Phi) is 1.47. The fourth-order valence-electron chi connectivity index (χ4n) is 1.64. The van der Waals surface area contributed by atoms with Crippen molar-refractivity contribution in [1.82, 2.24) is 9.97 Å². The lowest BCUT2D eigenvalue weighted by Gasteiger charge is -2.00. The number of aromatic nitrogens is 2. The Labute approximate surface area is 81.2 Å². The molecule has 0 unspecified atom stereocenters. The molecule has 2 aromatic carbocycles. The second-order valence-electron chi connectivity index (χ2n) is 3.16. The predicted molar refractivity (Wildman–Crippen MR) is 55.9 cm³/mol. The molecule has 3 rings (SSSR count). The second-order valence-corrected chi connectivity index (χ2v) is 3.16. The third-order valence-corrected chi connectivity index (χ3v) is 2.31. The van der Waals surface area contributed by atoms with Crippen molar-refractivity contribution in [2.45, 2.75) is 0 Å². The van der Waals surface area contributed by atoms with E-state index in [9.17, 15) is 0 Å². The molecule has 1 radical (unpaired) electrons. The largest absolute Gasteiger partial charge is 0.244 e. The maximum Gasteiger partial charge on any atom is 0.116 e. The highest BCUT2D eigenvalue weighted by Crippen LogP contribution is 2.21. The van der Waals surface area contributed by atoms with Gasteiger partial charge in [0.1, 0.15) is 6.33 Å². The molecule has 65 valence electrons. The van der Waals surface area contributed by atoms with Gasteiger partial charge in [-0.25, -0.2) is 9.97 Å². The van der Waals surface area contributed by atoms with Crippen LogP contribution in [0.1, 0.15) is 0 Å². The summed E-state index contributed by atoms with van der Waals surface area (Å²) in [5.74, 6) is 0. The van der Waals surface area contributed by atoms with Crippen LogP contribution in [0, 0.1) is 6.07 Å². The molecule has 0 amide bonds. The number of benzene rings is 2. The Hall–Kier alpha value is -1.96. The highest BCUT2D eigenvalue weighted by Gasteiger charge is 1.99. The molecule has 0 N–H and O–H groups in total. The average molecular weight is 179 g/mol. The fourth-order valence-corrected chi connectivity index (χ4v) is 1.64. The van der Waals surface area contributed by atoms with Crippen molar-refractivity contribution in [2.24, 2.45) is 0 Å². The molecule has 0 saturated carbocycles. The lowest BCUT2D eigenvalue weighted by atomic mass is 10.1. The maximum absolute atomic E-state index is 4.27. The van der Waals surface area contributed by atoms with Gasteiger partial charge < -0.3 is 0 Å². The molecule has 1 heterocycles. The van der Waals surface area contributed by atoms with Gasteiger partial charge in [-0.3, -0.25) is 0 Å². The lowest BCUT2D eigenvalue weighted by Crippen LogP contribution is -1.82. The zero-order chi connectivity index (χ0) is 9.38. The Morgan fingerprint density at radius 2 is 2.07 bits per heavy atom. The van der Waals surface area contributed by atoms with Crippen LogP contribution in [-0.4, -0.2) is 9.97 Å². The van der Waals surface area contributed by atoms with E-state index in [0.29, 0.717) is 0 Å². The molecule has 0 aliphatic carbocycles. The van der Waals surface area contributed by atoms with Crippen LogP contribution in [0.4, 0.5) is 0 Å². The Morgan fingerprint density at radius 3 is 3.07 bits per heavy atom. The van der Waals surface area contributed by atoms with Crippen LogP contribution in [0.25, 0.3) is 21.7 Å². The third kappa shape index (κ3) is 0.973. The lowest BCUT2D eigenvalue weighted by molar-refractivity contribution is 1.23.